The van der Waals surface area contributed by atoms with Crippen LogP contribution in [-0.2, 0) is 17.9 Å². The van der Waals surface area contributed by atoms with E-state index in [-0.39, 0.29) is 18.0 Å². The number of rotatable bonds is 6. The van der Waals surface area contributed by atoms with E-state index in [1.54, 1.807) is 12.3 Å². The highest BCUT2D eigenvalue weighted by atomic mass is 16.2. The van der Waals surface area contributed by atoms with Gasteiger partial charge in [-0.05, 0) is 30.3 Å². The van der Waals surface area contributed by atoms with Crippen LogP contribution in [0.1, 0.15) is 5.69 Å². The number of piperazine rings is 1. The van der Waals surface area contributed by atoms with Gasteiger partial charge >= 0.3 is 0 Å². The second kappa shape index (κ2) is 9.21. The van der Waals surface area contributed by atoms with Crippen molar-refractivity contribution in [3.63, 3.8) is 0 Å². The highest BCUT2D eigenvalue weighted by molar-refractivity contribution is 5.75. The number of pyridine rings is 1. The molecule has 1 fully saturated rings. The smallest absolute Gasteiger partial charge is 0.267 e. The molecule has 0 saturated carbocycles. The molecule has 8 nitrogen and oxygen atoms in total. The molecule has 3 aromatic rings. The fourth-order valence-electron chi connectivity index (χ4n) is 3.44. The molecule has 1 aromatic carbocycles. The number of carbonyl (C=O) groups excluding carboxylic acids is 1. The van der Waals surface area contributed by atoms with Gasteiger partial charge in [-0.2, -0.15) is 5.10 Å². The normalized spacial score (nSPS) is 13.9. The van der Waals surface area contributed by atoms with Gasteiger partial charge < -0.3 is 15.1 Å². The zero-order chi connectivity index (χ0) is 20.8. The minimum atomic E-state index is -0.297. The largest absolute Gasteiger partial charge is 0.368 e. The fraction of sp³-hybridized carbons (Fsp3) is 0.273. The Bertz CT molecular complexity index is 1030. The molecule has 1 saturated heterocycles. The summed E-state index contributed by atoms with van der Waals surface area (Å²) < 4.78 is 1.21. The second-order valence-electron chi connectivity index (χ2n) is 7.09. The van der Waals surface area contributed by atoms with Gasteiger partial charge in [-0.3, -0.25) is 14.6 Å². The van der Waals surface area contributed by atoms with E-state index in [9.17, 15) is 9.59 Å². The molecule has 154 valence electrons. The zero-order valence-electron chi connectivity index (χ0n) is 16.6. The first-order valence-corrected chi connectivity index (χ1v) is 9.99. The highest BCUT2D eigenvalue weighted by Crippen LogP contribution is 2.18. The summed E-state index contributed by atoms with van der Waals surface area (Å²) in [6.45, 7) is 3.53. The van der Waals surface area contributed by atoms with Crippen LogP contribution in [0.2, 0.25) is 0 Å². The average molecular weight is 404 g/mol. The van der Waals surface area contributed by atoms with Crippen molar-refractivity contribution in [2.45, 2.75) is 13.1 Å². The maximum absolute atomic E-state index is 12.3. The summed E-state index contributed by atoms with van der Waals surface area (Å²) in [5.74, 6) is 0.432. The molecule has 3 heterocycles. The van der Waals surface area contributed by atoms with Gasteiger partial charge in [0.2, 0.25) is 5.91 Å². The molecular weight excluding hydrogens is 380 g/mol. The lowest BCUT2D eigenvalue weighted by Gasteiger charge is -2.36. The monoisotopic (exact) mass is 404 g/mol. The van der Waals surface area contributed by atoms with Crippen molar-refractivity contribution in [3.8, 4) is 0 Å². The predicted molar refractivity (Wildman–Crippen MR) is 115 cm³/mol. The maximum atomic E-state index is 12.3. The van der Waals surface area contributed by atoms with E-state index < -0.39 is 0 Å². The van der Waals surface area contributed by atoms with E-state index in [0.29, 0.717) is 12.4 Å². The molecule has 1 N–H and O–H groups in total. The van der Waals surface area contributed by atoms with Gasteiger partial charge in [-0.25, -0.2) is 4.68 Å². The van der Waals surface area contributed by atoms with Gasteiger partial charge in [0.05, 0.1) is 12.2 Å². The number of hydrogen-bond donors (Lipinski definition) is 1. The molecule has 1 aliphatic heterocycles. The van der Waals surface area contributed by atoms with E-state index in [1.807, 2.05) is 36.4 Å². The molecule has 1 aliphatic rings. The summed E-state index contributed by atoms with van der Waals surface area (Å²) in [5, 5.41) is 7.20. The predicted octanol–water partition coefficient (Wildman–Crippen LogP) is 1.28. The molecule has 1 amide bonds. The summed E-state index contributed by atoms with van der Waals surface area (Å²) >= 11 is 0. The zero-order valence-corrected chi connectivity index (χ0v) is 16.6. The van der Waals surface area contributed by atoms with Gasteiger partial charge in [-0.1, -0.05) is 24.3 Å². The van der Waals surface area contributed by atoms with Crippen LogP contribution in [0, 0.1) is 0 Å². The number of amides is 1. The fourth-order valence-corrected chi connectivity index (χ4v) is 3.44. The first-order chi connectivity index (χ1) is 14.7. The quantitative estimate of drug-likeness (QED) is 0.667. The Hall–Kier alpha value is -3.68. The topological polar surface area (TPSA) is 83.4 Å². The van der Waals surface area contributed by atoms with E-state index >= 15 is 0 Å². The lowest BCUT2D eigenvalue weighted by atomic mass is 10.2. The average Bonchev–Trinajstić information content (AvgIpc) is 2.80. The summed E-state index contributed by atoms with van der Waals surface area (Å²) in [4.78, 5) is 33.1. The van der Waals surface area contributed by atoms with E-state index in [4.69, 9.17) is 0 Å². The van der Waals surface area contributed by atoms with Crippen molar-refractivity contribution >= 4 is 17.4 Å². The third-order valence-corrected chi connectivity index (χ3v) is 5.06. The van der Waals surface area contributed by atoms with Crippen molar-refractivity contribution in [2.24, 2.45) is 0 Å². The van der Waals surface area contributed by atoms with E-state index in [1.165, 1.54) is 16.4 Å². The molecular formula is C22H24N6O2. The number of benzene rings is 1. The van der Waals surface area contributed by atoms with Crippen LogP contribution in [0.25, 0.3) is 0 Å². The van der Waals surface area contributed by atoms with Crippen molar-refractivity contribution in [2.75, 3.05) is 36.0 Å². The Balaban J connectivity index is 1.36. The lowest BCUT2D eigenvalue weighted by molar-refractivity contribution is -0.122. The van der Waals surface area contributed by atoms with Crippen molar-refractivity contribution in [1.29, 1.82) is 0 Å². The first kappa shape index (κ1) is 19.6. The summed E-state index contributed by atoms with van der Waals surface area (Å²) in [6, 6.07) is 19.0. The number of anilines is 2. The Morgan fingerprint density at radius 3 is 2.37 bits per heavy atom. The molecule has 0 spiro atoms. The molecule has 0 bridgehead atoms. The second-order valence-corrected chi connectivity index (χ2v) is 7.09. The molecule has 4 rings (SSSR count). The molecule has 0 atom stereocenters. The van der Waals surface area contributed by atoms with Crippen LogP contribution >= 0.6 is 0 Å². The number of para-hydroxylation sites is 1. The third kappa shape index (κ3) is 4.83. The van der Waals surface area contributed by atoms with Gasteiger partial charge in [-0.15, -0.1) is 0 Å². The molecule has 2 aromatic heterocycles. The van der Waals surface area contributed by atoms with E-state index in [0.717, 1.165) is 31.9 Å². The van der Waals surface area contributed by atoms with Gasteiger partial charge in [0, 0.05) is 44.1 Å². The standard InChI is InChI=1S/C22H24N6O2/c29-21(24-16-18-6-4-5-11-23-18)17-28-22(30)10-9-20(25-28)27-14-12-26(13-15-27)19-7-2-1-3-8-19/h1-11H,12-17H2,(H,24,29). The molecule has 0 radical (unpaired) electrons. The molecule has 0 aliphatic carbocycles. The Labute approximate surface area is 174 Å². The summed E-state index contributed by atoms with van der Waals surface area (Å²) in [5.41, 5.74) is 1.67. The minimum Gasteiger partial charge on any atom is -0.368 e. The van der Waals surface area contributed by atoms with Gasteiger partial charge in [0.25, 0.3) is 5.56 Å². The van der Waals surface area contributed by atoms with Gasteiger partial charge in [0.15, 0.2) is 0 Å². The van der Waals surface area contributed by atoms with E-state index in [2.05, 4.69) is 37.3 Å². The number of aromatic nitrogens is 3. The van der Waals surface area contributed by atoms with Crippen LogP contribution in [0.3, 0.4) is 0 Å². The molecule has 0 unspecified atom stereocenters. The van der Waals surface area contributed by atoms with Crippen LogP contribution in [0.4, 0.5) is 11.5 Å². The summed E-state index contributed by atoms with van der Waals surface area (Å²) in [7, 11) is 0. The van der Waals surface area contributed by atoms with Crippen LogP contribution < -0.4 is 20.7 Å². The first-order valence-electron chi connectivity index (χ1n) is 9.99. The van der Waals surface area contributed by atoms with Crippen molar-refractivity contribution in [3.05, 3.63) is 82.9 Å². The minimum absolute atomic E-state index is 0.122. The maximum Gasteiger partial charge on any atom is 0.267 e. The lowest BCUT2D eigenvalue weighted by Crippen LogP contribution is -2.47. The van der Waals surface area contributed by atoms with Crippen LogP contribution in [-0.4, -0.2) is 46.9 Å². The Kier molecular flexibility index (Phi) is 6.03. The number of carbonyl (C=O) groups is 1. The SMILES string of the molecule is O=C(Cn1nc(N2CCN(c3ccccc3)CC2)ccc1=O)NCc1ccccn1. The van der Waals surface area contributed by atoms with Gasteiger partial charge in [0.1, 0.15) is 12.4 Å². The molecule has 30 heavy (non-hydrogen) atoms. The Morgan fingerprint density at radius 1 is 0.900 bits per heavy atom. The highest BCUT2D eigenvalue weighted by Gasteiger charge is 2.19. The Morgan fingerprint density at radius 2 is 1.63 bits per heavy atom. The third-order valence-electron chi connectivity index (χ3n) is 5.06. The number of nitrogens with zero attached hydrogens (tertiary/aromatic N) is 5. The number of hydrogen-bond acceptors (Lipinski definition) is 6. The van der Waals surface area contributed by atoms with Crippen LogP contribution in [0.15, 0.2) is 71.7 Å². The van der Waals surface area contributed by atoms with Crippen molar-refractivity contribution in [1.82, 2.24) is 20.1 Å². The molecule has 8 heteroatoms. The van der Waals surface area contributed by atoms with Crippen molar-refractivity contribution < 1.29 is 4.79 Å². The number of nitrogens with one attached hydrogen (secondary N) is 1. The van der Waals surface area contributed by atoms with Crippen LogP contribution in [0.5, 0.6) is 0 Å². The summed E-state index contributed by atoms with van der Waals surface area (Å²) in [6.07, 6.45) is 1.68.